The smallest absolute Gasteiger partial charge is 0.312 e. The quantitative estimate of drug-likeness (QED) is 0.185. The second-order valence-corrected chi connectivity index (χ2v) is 12.6. The van der Waals surface area contributed by atoms with E-state index in [1.807, 2.05) is 51.1 Å². The van der Waals surface area contributed by atoms with E-state index in [2.05, 4.69) is 23.5 Å². The van der Waals surface area contributed by atoms with Crippen LogP contribution in [-0.4, -0.2) is 90.7 Å². The van der Waals surface area contributed by atoms with Gasteiger partial charge in [-0.3, -0.25) is 14.4 Å². The summed E-state index contributed by atoms with van der Waals surface area (Å²) in [4.78, 5) is 46.1. The predicted octanol–water partition coefficient (Wildman–Crippen LogP) is 3.47. The predicted molar refractivity (Wildman–Crippen MR) is 164 cm³/mol. The fraction of sp³-hybridized carbons (Fsp3) is 0.606. The number of allylic oxidation sites excluding steroid dienone is 1. The minimum absolute atomic E-state index is 0.0746. The fourth-order valence-electron chi connectivity index (χ4n) is 7.56. The summed E-state index contributed by atoms with van der Waals surface area (Å²) in [6.45, 7) is 13.6. The van der Waals surface area contributed by atoms with Crippen LogP contribution in [-0.2, 0) is 30.5 Å². The number of hydrogen-bond acceptors (Lipinski definition) is 8. The molecule has 11 heteroatoms. The van der Waals surface area contributed by atoms with Crippen molar-refractivity contribution < 1.29 is 29.0 Å². The zero-order chi connectivity index (χ0) is 31.6. The SMILES string of the molecule is C=CCCCCOC(=O)[C@H]1[C@H]2C(=O)N([C@@H](CO)[C@@H](C)CC)C(C(=O)N(CC=C)Cn3nnc4ccccc43)C23CC[C@]1(C)O3. The molecule has 3 fully saturated rings. The van der Waals surface area contributed by atoms with Crippen LogP contribution in [0.2, 0.25) is 0 Å². The van der Waals surface area contributed by atoms with E-state index in [9.17, 15) is 19.5 Å². The Morgan fingerprint density at radius 2 is 2.02 bits per heavy atom. The van der Waals surface area contributed by atoms with Gasteiger partial charge in [0.25, 0.3) is 0 Å². The molecule has 2 unspecified atom stereocenters. The summed E-state index contributed by atoms with van der Waals surface area (Å²) in [7, 11) is 0. The average Bonchev–Trinajstić information content (AvgIpc) is 3.72. The first-order valence-corrected chi connectivity index (χ1v) is 15.8. The zero-order valence-corrected chi connectivity index (χ0v) is 26.1. The lowest BCUT2D eigenvalue weighted by molar-refractivity contribution is -0.163. The summed E-state index contributed by atoms with van der Waals surface area (Å²) >= 11 is 0. The Kier molecular flexibility index (Phi) is 9.27. The molecule has 2 amide bonds. The number of benzene rings is 1. The number of ether oxygens (including phenoxy) is 2. The van der Waals surface area contributed by atoms with Gasteiger partial charge in [0.2, 0.25) is 11.8 Å². The van der Waals surface area contributed by atoms with E-state index in [1.54, 1.807) is 15.7 Å². The van der Waals surface area contributed by atoms with Crippen LogP contribution >= 0.6 is 0 Å². The minimum atomic E-state index is -1.24. The highest BCUT2D eigenvalue weighted by molar-refractivity contribution is 5.98. The van der Waals surface area contributed by atoms with E-state index >= 15 is 0 Å². The highest BCUT2D eigenvalue weighted by atomic mass is 16.6. The number of aliphatic hydroxyl groups excluding tert-OH is 1. The Bertz CT molecular complexity index is 1410. The number of aromatic nitrogens is 3. The Hall–Kier alpha value is -3.57. The van der Waals surface area contributed by atoms with E-state index in [0.29, 0.717) is 31.2 Å². The lowest BCUT2D eigenvalue weighted by atomic mass is 9.66. The standard InChI is InChI=1S/C33H45N5O6/c1-6-9-10-13-19-43-31(42)27-26-29(40)38(25(20-39)22(4)8-3)28(33(26)17-16-32(27,5)44-33)30(41)36(18-7-2)21-37-24-15-12-11-14-23(24)34-35-37/h6-7,11-12,14-15,22,25-28,39H,1-2,8-10,13,16-21H2,3-5H3/t22-,25-,26-,27+,28?,32-,33?/m0/s1. The van der Waals surface area contributed by atoms with E-state index < -0.39 is 41.1 Å². The summed E-state index contributed by atoms with van der Waals surface area (Å²) in [5.41, 5.74) is -0.720. The number of likely N-dealkylation sites (tertiary alicyclic amines) is 1. The number of rotatable bonds is 15. The van der Waals surface area contributed by atoms with Crippen LogP contribution in [0.4, 0.5) is 0 Å². The van der Waals surface area contributed by atoms with Gasteiger partial charge in [-0.25, -0.2) is 4.68 Å². The van der Waals surface area contributed by atoms with Crippen molar-refractivity contribution in [3.63, 3.8) is 0 Å². The van der Waals surface area contributed by atoms with Gasteiger partial charge in [-0.1, -0.05) is 49.8 Å². The van der Waals surface area contributed by atoms with Gasteiger partial charge in [-0.15, -0.1) is 18.3 Å². The molecular weight excluding hydrogens is 562 g/mol. The molecule has 2 bridgehead atoms. The third-order valence-electron chi connectivity index (χ3n) is 9.98. The zero-order valence-electron chi connectivity index (χ0n) is 26.1. The number of aliphatic hydroxyl groups is 1. The largest absolute Gasteiger partial charge is 0.465 e. The van der Waals surface area contributed by atoms with Crippen LogP contribution < -0.4 is 0 Å². The molecule has 3 saturated heterocycles. The van der Waals surface area contributed by atoms with Gasteiger partial charge in [0.1, 0.15) is 29.7 Å². The number of amides is 2. The van der Waals surface area contributed by atoms with Gasteiger partial charge < -0.3 is 24.4 Å². The van der Waals surface area contributed by atoms with Crippen molar-refractivity contribution >= 4 is 28.8 Å². The van der Waals surface area contributed by atoms with Crippen LogP contribution in [0.1, 0.15) is 59.3 Å². The average molecular weight is 608 g/mol. The lowest BCUT2D eigenvalue weighted by Gasteiger charge is -2.41. The summed E-state index contributed by atoms with van der Waals surface area (Å²) in [6, 6.07) is 5.80. The molecule has 0 aliphatic carbocycles. The number of esters is 1. The molecule has 1 spiro atoms. The van der Waals surface area contributed by atoms with Crippen molar-refractivity contribution in [3.05, 3.63) is 49.6 Å². The number of para-hydroxylation sites is 1. The normalized spacial score (nSPS) is 28.6. The van der Waals surface area contributed by atoms with Crippen molar-refractivity contribution in [3.8, 4) is 0 Å². The maximum Gasteiger partial charge on any atom is 0.312 e. The van der Waals surface area contributed by atoms with E-state index in [4.69, 9.17) is 9.47 Å². The van der Waals surface area contributed by atoms with E-state index in [0.717, 1.165) is 18.4 Å². The van der Waals surface area contributed by atoms with Gasteiger partial charge >= 0.3 is 5.97 Å². The minimum Gasteiger partial charge on any atom is -0.465 e. The molecule has 44 heavy (non-hydrogen) atoms. The first-order chi connectivity index (χ1) is 21.2. The maximum atomic E-state index is 14.8. The van der Waals surface area contributed by atoms with E-state index in [1.165, 1.54) is 4.90 Å². The Labute approximate surface area is 258 Å². The topological polar surface area (TPSA) is 127 Å². The lowest BCUT2D eigenvalue weighted by Crippen LogP contribution is -2.60. The second-order valence-electron chi connectivity index (χ2n) is 12.6. The molecule has 238 valence electrons. The number of carbonyl (C=O) groups is 3. The van der Waals surface area contributed by atoms with Crippen LogP contribution in [0.25, 0.3) is 11.0 Å². The van der Waals surface area contributed by atoms with Gasteiger partial charge in [0, 0.05) is 6.54 Å². The van der Waals surface area contributed by atoms with Crippen LogP contribution in [0.3, 0.4) is 0 Å². The highest BCUT2D eigenvalue weighted by Crippen LogP contribution is 2.64. The third-order valence-corrected chi connectivity index (χ3v) is 9.98. The molecule has 3 aliphatic rings. The van der Waals surface area contributed by atoms with Gasteiger partial charge in [-0.05, 0) is 57.1 Å². The van der Waals surface area contributed by atoms with Gasteiger partial charge in [0.15, 0.2) is 0 Å². The summed E-state index contributed by atoms with van der Waals surface area (Å²) in [5.74, 6) is -3.02. The Morgan fingerprint density at radius 1 is 1.25 bits per heavy atom. The van der Waals surface area contributed by atoms with Crippen LogP contribution in [0, 0.1) is 17.8 Å². The van der Waals surface area contributed by atoms with Crippen LogP contribution in [0.15, 0.2) is 49.6 Å². The van der Waals surface area contributed by atoms with Crippen LogP contribution in [0.5, 0.6) is 0 Å². The Morgan fingerprint density at radius 3 is 2.73 bits per heavy atom. The Balaban J connectivity index is 1.52. The van der Waals surface area contributed by atoms with Crippen molar-refractivity contribution in [1.82, 2.24) is 24.8 Å². The molecule has 1 aromatic heterocycles. The van der Waals surface area contributed by atoms with Crippen molar-refractivity contribution in [2.24, 2.45) is 17.8 Å². The maximum absolute atomic E-state index is 14.8. The molecule has 11 nitrogen and oxygen atoms in total. The number of carbonyl (C=O) groups excluding carboxylic acids is 3. The number of hydrogen-bond donors (Lipinski definition) is 1. The molecule has 1 aromatic carbocycles. The molecular formula is C33H45N5O6. The van der Waals surface area contributed by atoms with E-state index in [-0.39, 0.29) is 44.2 Å². The molecule has 7 atom stereocenters. The fourth-order valence-corrected chi connectivity index (χ4v) is 7.56. The molecule has 1 N–H and O–H groups in total. The van der Waals surface area contributed by atoms with Crippen molar-refractivity contribution in [2.45, 2.75) is 89.3 Å². The highest BCUT2D eigenvalue weighted by Gasteiger charge is 2.79. The summed E-state index contributed by atoms with van der Waals surface area (Å²) in [6.07, 6.45) is 7.45. The van der Waals surface area contributed by atoms with Gasteiger partial charge in [-0.2, -0.15) is 0 Å². The monoisotopic (exact) mass is 607 g/mol. The molecule has 4 heterocycles. The molecule has 2 aromatic rings. The molecule has 0 radical (unpaired) electrons. The molecule has 3 aliphatic heterocycles. The molecule has 0 saturated carbocycles. The number of nitrogens with zero attached hydrogens (tertiary/aromatic N) is 5. The van der Waals surface area contributed by atoms with Crippen molar-refractivity contribution in [2.75, 3.05) is 19.8 Å². The van der Waals surface area contributed by atoms with Crippen molar-refractivity contribution in [1.29, 1.82) is 0 Å². The number of unbranched alkanes of at least 4 members (excludes halogenated alkanes) is 2. The number of fused-ring (bicyclic) bond motifs is 2. The first kappa shape index (κ1) is 31.8. The van der Waals surface area contributed by atoms with Gasteiger partial charge in [0.05, 0.1) is 36.3 Å². The molecule has 5 rings (SSSR count). The third kappa shape index (κ3) is 5.23. The summed E-state index contributed by atoms with van der Waals surface area (Å²) in [5, 5.41) is 19.1. The second kappa shape index (κ2) is 12.8. The first-order valence-electron chi connectivity index (χ1n) is 15.8. The summed E-state index contributed by atoms with van der Waals surface area (Å²) < 4.78 is 14.1.